The summed E-state index contributed by atoms with van der Waals surface area (Å²) in [5, 5.41) is 2.04. The Hall–Kier alpha value is -0.500. The molecule has 86 valence electrons. The minimum atomic E-state index is 0.664. The third kappa shape index (κ3) is 3.24. The van der Waals surface area contributed by atoms with Gasteiger partial charge in [-0.1, -0.05) is 0 Å². The summed E-state index contributed by atoms with van der Waals surface area (Å²) in [5.41, 5.74) is 1.05. The molecule has 0 aliphatic carbocycles. The van der Waals surface area contributed by atoms with Crippen LogP contribution in [-0.4, -0.2) is 28.1 Å². The second-order valence-electron chi connectivity index (χ2n) is 3.08. The van der Waals surface area contributed by atoms with Gasteiger partial charge in [-0.25, -0.2) is 9.97 Å². The van der Waals surface area contributed by atoms with Crippen LogP contribution in [0.2, 0.25) is 0 Å². The van der Waals surface area contributed by atoms with Crippen LogP contribution < -0.4 is 0 Å². The van der Waals surface area contributed by atoms with Crippen molar-refractivity contribution in [2.75, 3.05) is 13.7 Å². The van der Waals surface area contributed by atoms with E-state index < -0.39 is 0 Å². The average molecular weight is 273 g/mol. The standard InChI is InChI=1S/C9H11N3OS3/c1-6-5-14-8(10-6)15-9-11-7(12-16-9)3-4-13-2/h5H,3-4H2,1-2H3. The van der Waals surface area contributed by atoms with E-state index >= 15 is 0 Å². The molecule has 7 heteroatoms. The highest BCUT2D eigenvalue weighted by Gasteiger charge is 2.07. The number of thiazole rings is 1. The van der Waals surface area contributed by atoms with Crippen LogP contribution in [0.4, 0.5) is 0 Å². The van der Waals surface area contributed by atoms with Gasteiger partial charge in [0.2, 0.25) is 0 Å². The number of hydrogen-bond donors (Lipinski definition) is 0. The summed E-state index contributed by atoms with van der Waals surface area (Å²) in [5.74, 6) is 0.850. The lowest BCUT2D eigenvalue weighted by atomic mass is 10.4. The Kier molecular flexibility index (Phi) is 4.28. The lowest BCUT2D eigenvalue weighted by Gasteiger charge is -1.91. The van der Waals surface area contributed by atoms with Gasteiger partial charge in [0.25, 0.3) is 0 Å². The smallest absolute Gasteiger partial charge is 0.177 e. The van der Waals surface area contributed by atoms with Gasteiger partial charge in [-0.15, -0.1) is 11.3 Å². The summed E-state index contributed by atoms with van der Waals surface area (Å²) >= 11 is 4.63. The van der Waals surface area contributed by atoms with Gasteiger partial charge in [-0.2, -0.15) is 4.37 Å². The van der Waals surface area contributed by atoms with E-state index in [2.05, 4.69) is 14.3 Å². The van der Waals surface area contributed by atoms with Crippen molar-refractivity contribution in [3.05, 3.63) is 16.9 Å². The highest BCUT2D eigenvalue weighted by atomic mass is 32.2. The molecule has 2 heterocycles. The first kappa shape index (κ1) is 12.0. The minimum Gasteiger partial charge on any atom is -0.384 e. The first-order valence-electron chi connectivity index (χ1n) is 4.69. The highest BCUT2D eigenvalue weighted by molar-refractivity contribution is 8.02. The van der Waals surface area contributed by atoms with Gasteiger partial charge in [-0.05, 0) is 30.2 Å². The Morgan fingerprint density at radius 3 is 2.94 bits per heavy atom. The second kappa shape index (κ2) is 5.72. The Morgan fingerprint density at radius 2 is 2.25 bits per heavy atom. The zero-order chi connectivity index (χ0) is 11.4. The van der Waals surface area contributed by atoms with E-state index in [0.717, 1.165) is 26.6 Å². The molecule has 0 spiro atoms. The lowest BCUT2D eigenvalue weighted by Crippen LogP contribution is -1.95. The van der Waals surface area contributed by atoms with E-state index in [0.29, 0.717) is 6.61 Å². The molecule has 0 unspecified atom stereocenters. The van der Waals surface area contributed by atoms with Crippen molar-refractivity contribution < 1.29 is 4.74 Å². The number of ether oxygens (including phenoxy) is 1. The van der Waals surface area contributed by atoms with Gasteiger partial charge in [0.1, 0.15) is 5.82 Å². The molecule has 4 nitrogen and oxygen atoms in total. The topological polar surface area (TPSA) is 47.9 Å². The normalized spacial score (nSPS) is 10.9. The first-order chi connectivity index (χ1) is 7.78. The summed E-state index contributed by atoms with van der Waals surface area (Å²) in [4.78, 5) is 8.78. The molecule has 0 atom stereocenters. The van der Waals surface area contributed by atoms with Crippen LogP contribution in [0.25, 0.3) is 0 Å². The van der Waals surface area contributed by atoms with Gasteiger partial charge in [0, 0.05) is 24.6 Å². The fraction of sp³-hybridized carbons (Fsp3) is 0.444. The Morgan fingerprint density at radius 1 is 1.38 bits per heavy atom. The van der Waals surface area contributed by atoms with Crippen LogP contribution in [-0.2, 0) is 11.2 Å². The fourth-order valence-corrected chi connectivity index (χ4v) is 3.73. The number of hydrogen-bond acceptors (Lipinski definition) is 7. The summed E-state index contributed by atoms with van der Waals surface area (Å²) in [7, 11) is 1.68. The Bertz CT molecular complexity index is 454. The number of nitrogens with zero attached hydrogens (tertiary/aromatic N) is 3. The van der Waals surface area contributed by atoms with Crippen LogP contribution in [0, 0.1) is 6.92 Å². The zero-order valence-corrected chi connectivity index (χ0v) is 11.4. The highest BCUT2D eigenvalue weighted by Crippen LogP contribution is 2.31. The molecule has 0 saturated heterocycles. The number of rotatable bonds is 5. The molecule has 0 saturated carbocycles. The van der Waals surface area contributed by atoms with Crippen LogP contribution in [0.15, 0.2) is 14.1 Å². The van der Waals surface area contributed by atoms with E-state index in [-0.39, 0.29) is 0 Å². The van der Waals surface area contributed by atoms with Crippen LogP contribution in [0.5, 0.6) is 0 Å². The molecular weight excluding hydrogens is 262 g/mol. The molecule has 2 aromatic rings. The molecule has 0 radical (unpaired) electrons. The molecule has 0 aromatic carbocycles. The van der Waals surface area contributed by atoms with E-state index in [1.807, 2.05) is 12.3 Å². The summed E-state index contributed by atoms with van der Waals surface area (Å²) < 4.78 is 11.2. The van der Waals surface area contributed by atoms with Gasteiger partial charge >= 0.3 is 0 Å². The van der Waals surface area contributed by atoms with Crippen LogP contribution >= 0.6 is 34.6 Å². The average Bonchev–Trinajstić information content (AvgIpc) is 2.86. The van der Waals surface area contributed by atoms with Crippen LogP contribution in [0.3, 0.4) is 0 Å². The SMILES string of the molecule is COCCc1nsc(Sc2nc(C)cs2)n1. The van der Waals surface area contributed by atoms with Crippen molar-refractivity contribution in [2.24, 2.45) is 0 Å². The van der Waals surface area contributed by atoms with Gasteiger partial charge in [-0.3, -0.25) is 0 Å². The molecule has 0 aliphatic rings. The number of aromatic nitrogens is 3. The maximum Gasteiger partial charge on any atom is 0.177 e. The summed E-state index contributed by atoms with van der Waals surface area (Å²) in [6.45, 7) is 2.65. The summed E-state index contributed by atoms with van der Waals surface area (Å²) in [6, 6.07) is 0. The Balaban J connectivity index is 1.97. The van der Waals surface area contributed by atoms with Crippen molar-refractivity contribution in [3.8, 4) is 0 Å². The Labute approximate surface area is 106 Å². The molecule has 0 bridgehead atoms. The predicted octanol–water partition coefficient (Wildman–Crippen LogP) is 2.64. The predicted molar refractivity (Wildman–Crippen MR) is 66.5 cm³/mol. The largest absolute Gasteiger partial charge is 0.384 e. The van der Waals surface area contributed by atoms with E-state index in [9.17, 15) is 0 Å². The minimum absolute atomic E-state index is 0.664. The zero-order valence-electron chi connectivity index (χ0n) is 8.97. The van der Waals surface area contributed by atoms with E-state index in [1.165, 1.54) is 11.5 Å². The lowest BCUT2D eigenvalue weighted by molar-refractivity contribution is 0.200. The van der Waals surface area contributed by atoms with Gasteiger partial charge in [0.05, 0.1) is 6.61 Å². The van der Waals surface area contributed by atoms with E-state index in [4.69, 9.17) is 4.74 Å². The van der Waals surface area contributed by atoms with Crippen molar-refractivity contribution >= 4 is 34.6 Å². The molecular formula is C9H11N3OS3. The molecule has 2 aromatic heterocycles. The second-order valence-corrected chi connectivity index (χ2v) is 6.18. The summed E-state index contributed by atoms with van der Waals surface area (Å²) in [6.07, 6.45) is 0.768. The van der Waals surface area contributed by atoms with Crippen molar-refractivity contribution in [1.29, 1.82) is 0 Å². The van der Waals surface area contributed by atoms with E-state index in [1.54, 1.807) is 30.2 Å². The van der Waals surface area contributed by atoms with Crippen LogP contribution in [0.1, 0.15) is 11.5 Å². The third-order valence-electron chi connectivity index (χ3n) is 1.75. The molecule has 0 fully saturated rings. The quantitative estimate of drug-likeness (QED) is 0.838. The maximum atomic E-state index is 4.98. The molecule has 0 N–H and O–H groups in total. The van der Waals surface area contributed by atoms with Crippen molar-refractivity contribution in [2.45, 2.75) is 22.0 Å². The van der Waals surface area contributed by atoms with Crippen molar-refractivity contribution in [3.63, 3.8) is 0 Å². The monoisotopic (exact) mass is 273 g/mol. The maximum absolute atomic E-state index is 4.98. The molecule has 16 heavy (non-hydrogen) atoms. The first-order valence-corrected chi connectivity index (χ1v) is 7.16. The van der Waals surface area contributed by atoms with Gasteiger partial charge in [0.15, 0.2) is 8.68 Å². The molecule has 2 rings (SSSR count). The number of aryl methyl sites for hydroxylation is 1. The number of methoxy groups -OCH3 is 1. The molecule has 0 amide bonds. The van der Waals surface area contributed by atoms with Crippen molar-refractivity contribution in [1.82, 2.24) is 14.3 Å². The third-order valence-corrected chi connectivity index (χ3v) is 4.60. The molecule has 0 aliphatic heterocycles. The fourth-order valence-electron chi connectivity index (χ4n) is 1.03. The van der Waals surface area contributed by atoms with Gasteiger partial charge < -0.3 is 4.74 Å².